The van der Waals surface area contributed by atoms with E-state index in [0.717, 1.165) is 12.1 Å². The SMILES string of the molecule is CC1CCN(C(=O)c2cnn(-c3ccccc3)c2)CC1O. The standard InChI is InChI=1S/C16H19N3O2/c1-12-7-8-18(11-15(12)20)16(21)13-9-17-19(10-13)14-5-3-2-4-6-14/h2-6,9-10,12,15,20H,7-8,11H2,1H3. The number of para-hydroxylation sites is 1. The zero-order chi connectivity index (χ0) is 14.8. The fourth-order valence-corrected chi connectivity index (χ4v) is 2.57. The maximum absolute atomic E-state index is 12.5. The van der Waals surface area contributed by atoms with E-state index < -0.39 is 6.10 Å². The number of aliphatic hydroxyl groups is 1. The number of aliphatic hydroxyl groups excluding tert-OH is 1. The van der Waals surface area contributed by atoms with Crippen molar-refractivity contribution in [3.8, 4) is 5.69 Å². The topological polar surface area (TPSA) is 58.4 Å². The summed E-state index contributed by atoms with van der Waals surface area (Å²) in [5.41, 5.74) is 1.48. The Balaban J connectivity index is 1.76. The maximum Gasteiger partial charge on any atom is 0.257 e. The Labute approximate surface area is 123 Å². The van der Waals surface area contributed by atoms with Crippen LogP contribution in [0.1, 0.15) is 23.7 Å². The molecule has 0 bridgehead atoms. The molecule has 0 saturated carbocycles. The number of β-amino-alcohol motifs (C(OH)–C–C–N with tert-alkyl or cyclic N) is 1. The van der Waals surface area contributed by atoms with Gasteiger partial charge >= 0.3 is 0 Å². The van der Waals surface area contributed by atoms with Crippen LogP contribution in [-0.4, -0.2) is 44.9 Å². The second-order valence-electron chi connectivity index (χ2n) is 5.59. The zero-order valence-corrected chi connectivity index (χ0v) is 12.0. The summed E-state index contributed by atoms with van der Waals surface area (Å²) >= 11 is 0. The molecule has 2 unspecified atom stereocenters. The molecule has 0 aliphatic carbocycles. The Bertz CT molecular complexity index is 623. The van der Waals surface area contributed by atoms with Crippen LogP contribution in [0, 0.1) is 5.92 Å². The number of hydrogen-bond acceptors (Lipinski definition) is 3. The normalized spacial score (nSPS) is 22.3. The summed E-state index contributed by atoms with van der Waals surface area (Å²) in [5, 5.41) is 14.2. The molecule has 1 amide bonds. The third kappa shape index (κ3) is 2.83. The third-order valence-corrected chi connectivity index (χ3v) is 4.06. The monoisotopic (exact) mass is 285 g/mol. The van der Waals surface area contributed by atoms with Gasteiger partial charge < -0.3 is 10.0 Å². The molecule has 1 aromatic carbocycles. The summed E-state index contributed by atoms with van der Waals surface area (Å²) in [6.45, 7) is 3.10. The minimum Gasteiger partial charge on any atom is -0.391 e. The second-order valence-corrected chi connectivity index (χ2v) is 5.59. The largest absolute Gasteiger partial charge is 0.391 e. The van der Waals surface area contributed by atoms with Gasteiger partial charge in [0.1, 0.15) is 0 Å². The summed E-state index contributed by atoms with van der Waals surface area (Å²) in [5.74, 6) is 0.184. The van der Waals surface area contributed by atoms with Gasteiger partial charge in [0.2, 0.25) is 0 Å². The Morgan fingerprint density at radius 3 is 2.81 bits per heavy atom. The van der Waals surface area contributed by atoms with Crippen LogP contribution in [0.5, 0.6) is 0 Å². The highest BCUT2D eigenvalue weighted by Crippen LogP contribution is 2.19. The summed E-state index contributed by atoms with van der Waals surface area (Å²) in [7, 11) is 0. The van der Waals surface area contributed by atoms with Gasteiger partial charge in [-0.15, -0.1) is 0 Å². The van der Waals surface area contributed by atoms with Crippen molar-refractivity contribution in [3.63, 3.8) is 0 Å². The Morgan fingerprint density at radius 1 is 1.33 bits per heavy atom. The van der Waals surface area contributed by atoms with E-state index in [9.17, 15) is 9.90 Å². The Hall–Kier alpha value is -2.14. The number of nitrogens with zero attached hydrogens (tertiary/aromatic N) is 3. The predicted molar refractivity (Wildman–Crippen MR) is 79.3 cm³/mol. The molecule has 0 spiro atoms. The van der Waals surface area contributed by atoms with Crippen LogP contribution in [0.25, 0.3) is 5.69 Å². The maximum atomic E-state index is 12.5. The van der Waals surface area contributed by atoms with E-state index in [1.165, 1.54) is 0 Å². The molecule has 3 rings (SSSR count). The third-order valence-electron chi connectivity index (χ3n) is 4.06. The molecule has 1 aromatic heterocycles. The number of carbonyl (C=O) groups is 1. The number of benzene rings is 1. The van der Waals surface area contributed by atoms with Crippen LogP contribution in [0.15, 0.2) is 42.7 Å². The number of aromatic nitrogens is 2. The van der Waals surface area contributed by atoms with Gasteiger partial charge in [-0.2, -0.15) is 5.10 Å². The number of piperidine rings is 1. The second kappa shape index (κ2) is 5.69. The van der Waals surface area contributed by atoms with E-state index >= 15 is 0 Å². The van der Waals surface area contributed by atoms with Crippen molar-refractivity contribution < 1.29 is 9.90 Å². The Kier molecular flexibility index (Phi) is 3.75. The summed E-state index contributed by atoms with van der Waals surface area (Å²) < 4.78 is 1.69. The number of rotatable bonds is 2. The Morgan fingerprint density at radius 2 is 2.10 bits per heavy atom. The van der Waals surface area contributed by atoms with E-state index in [-0.39, 0.29) is 11.8 Å². The van der Waals surface area contributed by atoms with Gasteiger partial charge in [-0.25, -0.2) is 4.68 Å². The fraction of sp³-hybridized carbons (Fsp3) is 0.375. The molecule has 2 heterocycles. The van der Waals surface area contributed by atoms with Gasteiger partial charge in [-0.1, -0.05) is 25.1 Å². The average Bonchev–Trinajstić information content (AvgIpc) is 3.00. The number of hydrogen-bond donors (Lipinski definition) is 1. The molecule has 5 nitrogen and oxygen atoms in total. The molecule has 110 valence electrons. The van der Waals surface area contributed by atoms with Crippen LogP contribution >= 0.6 is 0 Å². The summed E-state index contributed by atoms with van der Waals surface area (Å²) in [6.07, 6.45) is 3.72. The van der Waals surface area contributed by atoms with Crippen molar-refractivity contribution in [2.45, 2.75) is 19.4 Å². The first-order valence-electron chi connectivity index (χ1n) is 7.22. The highest BCUT2D eigenvalue weighted by atomic mass is 16.3. The fourth-order valence-electron chi connectivity index (χ4n) is 2.57. The number of likely N-dealkylation sites (tertiary alicyclic amines) is 1. The molecule has 1 aliphatic heterocycles. The summed E-state index contributed by atoms with van der Waals surface area (Å²) in [6, 6.07) is 9.68. The molecule has 21 heavy (non-hydrogen) atoms. The van der Waals surface area contributed by atoms with Gasteiger partial charge in [-0.3, -0.25) is 4.79 Å². The molecule has 1 aliphatic rings. The van der Waals surface area contributed by atoms with E-state index in [2.05, 4.69) is 5.10 Å². The highest BCUT2D eigenvalue weighted by molar-refractivity contribution is 5.93. The predicted octanol–water partition coefficient (Wildman–Crippen LogP) is 1.72. The molecule has 1 saturated heterocycles. The average molecular weight is 285 g/mol. The van der Waals surface area contributed by atoms with E-state index in [1.807, 2.05) is 37.3 Å². The molecular weight excluding hydrogens is 266 g/mol. The van der Waals surface area contributed by atoms with Gasteiger partial charge in [0, 0.05) is 19.3 Å². The first-order valence-corrected chi connectivity index (χ1v) is 7.22. The lowest BCUT2D eigenvalue weighted by atomic mass is 9.96. The molecule has 2 atom stereocenters. The van der Waals surface area contributed by atoms with Gasteiger partial charge in [0.25, 0.3) is 5.91 Å². The highest BCUT2D eigenvalue weighted by Gasteiger charge is 2.28. The van der Waals surface area contributed by atoms with E-state index in [1.54, 1.807) is 22.0 Å². The van der Waals surface area contributed by atoms with Gasteiger partial charge in [-0.05, 0) is 24.5 Å². The number of amides is 1. The van der Waals surface area contributed by atoms with E-state index in [0.29, 0.717) is 18.7 Å². The van der Waals surface area contributed by atoms with Crippen molar-refractivity contribution in [2.75, 3.05) is 13.1 Å². The lowest BCUT2D eigenvalue weighted by Crippen LogP contribution is -2.45. The molecule has 2 aromatic rings. The molecule has 0 radical (unpaired) electrons. The molecule has 1 fully saturated rings. The summed E-state index contributed by atoms with van der Waals surface area (Å²) in [4.78, 5) is 14.2. The van der Waals surface area contributed by atoms with Crippen molar-refractivity contribution in [2.24, 2.45) is 5.92 Å². The van der Waals surface area contributed by atoms with E-state index in [4.69, 9.17) is 0 Å². The first kappa shape index (κ1) is 13.8. The van der Waals surface area contributed by atoms with Crippen molar-refractivity contribution in [1.29, 1.82) is 0 Å². The van der Waals surface area contributed by atoms with Crippen LogP contribution in [0.4, 0.5) is 0 Å². The van der Waals surface area contributed by atoms with Crippen LogP contribution < -0.4 is 0 Å². The zero-order valence-electron chi connectivity index (χ0n) is 12.0. The number of carbonyl (C=O) groups excluding carboxylic acids is 1. The van der Waals surface area contributed by atoms with Gasteiger partial charge in [0.15, 0.2) is 0 Å². The lowest BCUT2D eigenvalue weighted by molar-refractivity contribution is 0.0248. The van der Waals surface area contributed by atoms with Crippen LogP contribution in [0.2, 0.25) is 0 Å². The smallest absolute Gasteiger partial charge is 0.257 e. The molecule has 5 heteroatoms. The minimum absolute atomic E-state index is 0.0665. The lowest BCUT2D eigenvalue weighted by Gasteiger charge is -2.34. The van der Waals surface area contributed by atoms with Crippen molar-refractivity contribution in [3.05, 3.63) is 48.3 Å². The minimum atomic E-state index is -0.438. The van der Waals surface area contributed by atoms with Crippen molar-refractivity contribution in [1.82, 2.24) is 14.7 Å². The van der Waals surface area contributed by atoms with Crippen molar-refractivity contribution >= 4 is 5.91 Å². The van der Waals surface area contributed by atoms with Crippen LogP contribution in [-0.2, 0) is 0 Å². The molecule has 1 N–H and O–H groups in total. The van der Waals surface area contributed by atoms with Crippen LogP contribution in [0.3, 0.4) is 0 Å². The van der Waals surface area contributed by atoms with Gasteiger partial charge in [0.05, 0.1) is 23.6 Å². The first-order chi connectivity index (χ1) is 10.1. The quantitative estimate of drug-likeness (QED) is 0.914. The molecular formula is C16H19N3O2.